The van der Waals surface area contributed by atoms with Crippen LogP contribution in [0, 0.1) is 12.8 Å². The Labute approximate surface area is 124 Å². The summed E-state index contributed by atoms with van der Waals surface area (Å²) in [6, 6.07) is 8.87. The van der Waals surface area contributed by atoms with E-state index in [4.69, 9.17) is 0 Å². The van der Waals surface area contributed by atoms with Crippen LogP contribution in [-0.2, 0) is 0 Å². The Morgan fingerprint density at radius 3 is 3.10 bits per heavy atom. The second kappa shape index (κ2) is 6.25. The summed E-state index contributed by atoms with van der Waals surface area (Å²) in [5.74, 6) is 0.402. The monoisotopic (exact) mass is 282 g/mol. The van der Waals surface area contributed by atoms with E-state index < -0.39 is 0 Å². The summed E-state index contributed by atoms with van der Waals surface area (Å²) in [6.45, 7) is 2.15. The van der Waals surface area contributed by atoms with Crippen molar-refractivity contribution >= 4 is 18.2 Å². The average Bonchev–Trinajstić information content (AvgIpc) is 2.69. The molecule has 0 radical (unpaired) electrons. The van der Waals surface area contributed by atoms with Crippen molar-refractivity contribution in [3.63, 3.8) is 0 Å². The minimum Gasteiger partial charge on any atom is -0.265 e. The molecule has 1 heterocycles. The minimum absolute atomic E-state index is 0.396. The zero-order chi connectivity index (χ0) is 13.8. The molecule has 0 aromatic heterocycles. The molecule has 1 aromatic rings. The molecule has 102 valence electrons. The molecule has 1 aliphatic heterocycles. The lowest BCUT2D eigenvalue weighted by Gasteiger charge is -2.25. The third-order valence-corrected chi connectivity index (χ3v) is 4.75. The topological polar surface area (TPSA) is 24.4 Å². The van der Waals surface area contributed by atoms with Gasteiger partial charge in [0.15, 0.2) is 0 Å². The lowest BCUT2D eigenvalue weighted by molar-refractivity contribution is 0.546. The summed E-state index contributed by atoms with van der Waals surface area (Å²) >= 11 is 1.73. The normalized spacial score (nSPS) is 24.1. The van der Waals surface area contributed by atoms with Crippen LogP contribution in [0.15, 0.2) is 70.2 Å². The van der Waals surface area contributed by atoms with Gasteiger partial charge in [0.1, 0.15) is 0 Å². The van der Waals surface area contributed by atoms with Crippen LogP contribution in [0.4, 0.5) is 0 Å². The molecule has 0 fully saturated rings. The molecule has 0 saturated carbocycles. The van der Waals surface area contributed by atoms with Crippen molar-refractivity contribution in [3.05, 3.63) is 65.9 Å². The molecule has 2 unspecified atom stereocenters. The van der Waals surface area contributed by atoms with Gasteiger partial charge >= 0.3 is 0 Å². The molecule has 3 rings (SSSR count). The Balaban J connectivity index is 1.72. The molecule has 1 aromatic carbocycles. The fourth-order valence-corrected chi connectivity index (χ4v) is 3.37. The van der Waals surface area contributed by atoms with Gasteiger partial charge in [-0.25, -0.2) is 0 Å². The lowest BCUT2D eigenvalue weighted by Crippen LogP contribution is -2.32. The predicted molar refractivity (Wildman–Crippen MR) is 86.9 cm³/mol. The van der Waals surface area contributed by atoms with E-state index in [0.717, 1.165) is 6.42 Å². The summed E-state index contributed by atoms with van der Waals surface area (Å²) in [7, 11) is 0. The van der Waals surface area contributed by atoms with Gasteiger partial charge in [-0.1, -0.05) is 42.5 Å². The van der Waals surface area contributed by atoms with Crippen LogP contribution in [0.2, 0.25) is 0 Å². The Morgan fingerprint density at radius 1 is 1.30 bits per heavy atom. The van der Waals surface area contributed by atoms with E-state index in [2.05, 4.69) is 65.2 Å². The van der Waals surface area contributed by atoms with Gasteiger partial charge in [-0.3, -0.25) is 9.71 Å². The first-order chi connectivity index (χ1) is 9.84. The number of aryl methyl sites for hydroxylation is 1. The molecule has 3 heteroatoms. The van der Waals surface area contributed by atoms with E-state index in [1.165, 1.54) is 16.0 Å². The highest BCUT2D eigenvalue weighted by atomic mass is 32.2. The van der Waals surface area contributed by atoms with Crippen molar-refractivity contribution in [1.82, 2.24) is 4.72 Å². The van der Waals surface area contributed by atoms with Gasteiger partial charge in [0.25, 0.3) is 0 Å². The van der Waals surface area contributed by atoms with Gasteiger partial charge < -0.3 is 0 Å². The number of nitrogens with zero attached hydrogens (tertiary/aromatic N) is 1. The first kappa shape index (κ1) is 13.4. The number of hydrogen-bond acceptors (Lipinski definition) is 3. The Morgan fingerprint density at radius 2 is 2.20 bits per heavy atom. The highest BCUT2D eigenvalue weighted by Gasteiger charge is 2.23. The quantitative estimate of drug-likeness (QED) is 0.845. The highest BCUT2D eigenvalue weighted by Crippen LogP contribution is 2.28. The molecule has 0 amide bonds. The number of rotatable bonds is 3. The summed E-state index contributed by atoms with van der Waals surface area (Å²) in [6.07, 6.45) is 13.6. The zero-order valence-corrected chi connectivity index (χ0v) is 12.3. The Kier molecular flexibility index (Phi) is 4.19. The molecular formula is C17H18N2S. The summed E-state index contributed by atoms with van der Waals surface area (Å²) in [5, 5.41) is 0. The number of aliphatic imine (C=N–C) groups is 1. The fraction of sp³-hybridized carbons (Fsp3) is 0.235. The van der Waals surface area contributed by atoms with Crippen molar-refractivity contribution in [1.29, 1.82) is 0 Å². The van der Waals surface area contributed by atoms with Crippen LogP contribution in [0.1, 0.15) is 12.0 Å². The van der Waals surface area contributed by atoms with Crippen LogP contribution in [-0.4, -0.2) is 12.3 Å². The van der Waals surface area contributed by atoms with Crippen LogP contribution in [0.25, 0.3) is 0 Å². The fourth-order valence-electron chi connectivity index (χ4n) is 2.47. The molecule has 0 bridgehead atoms. The van der Waals surface area contributed by atoms with Crippen molar-refractivity contribution in [3.8, 4) is 0 Å². The smallest absolute Gasteiger partial charge is 0.0314 e. The van der Waals surface area contributed by atoms with E-state index in [9.17, 15) is 0 Å². The molecule has 2 aliphatic rings. The van der Waals surface area contributed by atoms with Crippen molar-refractivity contribution < 1.29 is 0 Å². The van der Waals surface area contributed by atoms with Crippen LogP contribution in [0.5, 0.6) is 0 Å². The number of benzene rings is 1. The second-order valence-corrected chi connectivity index (χ2v) is 5.95. The van der Waals surface area contributed by atoms with E-state index in [0.29, 0.717) is 12.0 Å². The van der Waals surface area contributed by atoms with Gasteiger partial charge in [0.05, 0.1) is 0 Å². The average molecular weight is 282 g/mol. The lowest BCUT2D eigenvalue weighted by atomic mass is 9.90. The maximum atomic E-state index is 4.23. The predicted octanol–water partition coefficient (Wildman–Crippen LogP) is 4.06. The first-order valence-corrected chi connectivity index (χ1v) is 7.71. The Hall–Kier alpha value is -1.58. The van der Waals surface area contributed by atoms with Gasteiger partial charge in [-0.15, -0.1) is 0 Å². The van der Waals surface area contributed by atoms with Crippen LogP contribution in [0.3, 0.4) is 0 Å². The molecule has 2 nitrogen and oxygen atoms in total. The van der Waals surface area contributed by atoms with Gasteiger partial charge in [-0.05, 0) is 42.5 Å². The molecule has 0 saturated heterocycles. The summed E-state index contributed by atoms with van der Waals surface area (Å²) in [4.78, 5) is 5.52. The number of nitrogens with one attached hydrogen (secondary N) is 1. The van der Waals surface area contributed by atoms with Crippen molar-refractivity contribution in [2.45, 2.75) is 24.3 Å². The molecule has 2 atom stereocenters. The molecule has 1 N–H and O–H groups in total. The number of fused-ring (bicyclic) bond motifs is 1. The highest BCUT2D eigenvalue weighted by molar-refractivity contribution is 7.97. The van der Waals surface area contributed by atoms with Crippen LogP contribution >= 0.6 is 11.9 Å². The van der Waals surface area contributed by atoms with Gasteiger partial charge in [0.2, 0.25) is 0 Å². The van der Waals surface area contributed by atoms with Crippen LogP contribution < -0.4 is 4.72 Å². The van der Waals surface area contributed by atoms with Gasteiger partial charge in [-0.2, -0.15) is 0 Å². The van der Waals surface area contributed by atoms with E-state index >= 15 is 0 Å². The SMILES string of the molecule is Cc1ccccc1SNC1CC=CC=C2C=NC=CC21. The summed E-state index contributed by atoms with van der Waals surface area (Å²) < 4.78 is 3.63. The van der Waals surface area contributed by atoms with E-state index in [1.54, 1.807) is 11.9 Å². The maximum absolute atomic E-state index is 4.23. The molecular weight excluding hydrogens is 264 g/mol. The first-order valence-electron chi connectivity index (χ1n) is 6.89. The third kappa shape index (κ3) is 2.94. The number of hydrogen-bond donors (Lipinski definition) is 1. The minimum atomic E-state index is 0.396. The van der Waals surface area contributed by atoms with Crippen molar-refractivity contribution in [2.75, 3.05) is 0 Å². The standard InChI is InChI=1S/C17H18N2S/c1-13-6-2-5-9-17(13)20-19-16-8-4-3-7-14-12-18-11-10-15(14)16/h2-7,9-12,15-16,19H,8H2,1H3. The largest absolute Gasteiger partial charge is 0.265 e. The molecule has 0 spiro atoms. The van der Waals surface area contributed by atoms with Crippen molar-refractivity contribution in [2.24, 2.45) is 10.9 Å². The van der Waals surface area contributed by atoms with Gasteiger partial charge in [0, 0.05) is 29.3 Å². The van der Waals surface area contributed by atoms with E-state index in [1.807, 2.05) is 12.4 Å². The second-order valence-electron chi connectivity index (χ2n) is 5.07. The number of allylic oxidation sites excluding steroid dienone is 2. The third-order valence-electron chi connectivity index (χ3n) is 3.65. The molecule has 20 heavy (non-hydrogen) atoms. The zero-order valence-electron chi connectivity index (χ0n) is 11.5. The Bertz CT molecular complexity index is 599. The molecule has 1 aliphatic carbocycles. The van der Waals surface area contributed by atoms with E-state index in [-0.39, 0.29) is 0 Å². The maximum Gasteiger partial charge on any atom is 0.0314 e. The summed E-state index contributed by atoms with van der Waals surface area (Å²) in [5.41, 5.74) is 2.59.